The van der Waals surface area contributed by atoms with Crippen LogP contribution in [0.1, 0.15) is 30.8 Å². The minimum absolute atomic E-state index is 0.0451. The third-order valence-electron chi connectivity index (χ3n) is 1.95. The number of methoxy groups -OCH3 is 1. The predicted molar refractivity (Wildman–Crippen MR) is 72.9 cm³/mol. The zero-order valence-electron chi connectivity index (χ0n) is 12.1. The van der Waals surface area contributed by atoms with Gasteiger partial charge in [-0.3, -0.25) is 9.59 Å². The third-order valence-corrected chi connectivity index (χ3v) is 1.95. The van der Waals surface area contributed by atoms with Gasteiger partial charge < -0.3 is 24.7 Å². The second kappa shape index (κ2) is 10.2. The number of hydrogen-bond donors (Lipinski definition) is 1. The molecule has 1 heterocycles. The number of carbonyl (C=O) groups is 3. The maximum absolute atomic E-state index is 11.1. The number of aldehydes is 1. The highest BCUT2D eigenvalue weighted by Crippen LogP contribution is 2.29. The SMILES string of the molecule is CCC=O.COc1ccnc(C(N)=O)c1OCOC(C)=O. The van der Waals surface area contributed by atoms with Gasteiger partial charge in [0.1, 0.15) is 6.29 Å². The Balaban J connectivity index is 0.000000885. The molecule has 2 N–H and O–H groups in total. The zero-order chi connectivity index (χ0) is 16.3. The van der Waals surface area contributed by atoms with Crippen LogP contribution in [-0.2, 0) is 14.3 Å². The molecular weight excluding hydrogens is 280 g/mol. The predicted octanol–water partition coefficient (Wildman–Crippen LogP) is 0.684. The Morgan fingerprint density at radius 2 is 2.05 bits per heavy atom. The number of carbonyl (C=O) groups excluding carboxylic acids is 3. The van der Waals surface area contributed by atoms with E-state index in [1.165, 1.54) is 26.3 Å². The van der Waals surface area contributed by atoms with Crippen molar-refractivity contribution in [2.24, 2.45) is 5.73 Å². The normalized spacial score (nSPS) is 8.90. The highest BCUT2D eigenvalue weighted by Gasteiger charge is 2.16. The number of pyridine rings is 1. The average Bonchev–Trinajstić information content (AvgIpc) is 2.47. The number of ether oxygens (including phenoxy) is 3. The van der Waals surface area contributed by atoms with Crippen molar-refractivity contribution in [2.45, 2.75) is 20.3 Å². The molecule has 1 rings (SSSR count). The fourth-order valence-corrected chi connectivity index (χ4v) is 1.08. The second-order valence-corrected chi connectivity index (χ2v) is 3.53. The van der Waals surface area contributed by atoms with Gasteiger partial charge in [0.2, 0.25) is 6.79 Å². The Hall–Kier alpha value is -2.64. The number of hydrogen-bond acceptors (Lipinski definition) is 7. The standard InChI is InChI=1S/C10H12N2O5.C3H6O/c1-6(13)16-5-17-9-7(15-2)3-4-12-8(9)10(11)14;1-2-3-4/h3-4H,5H2,1-2H3,(H2,11,14);3H,2H2,1H3. The van der Waals surface area contributed by atoms with Gasteiger partial charge in [0.15, 0.2) is 17.2 Å². The minimum Gasteiger partial charge on any atom is -0.493 e. The number of nitrogens with two attached hydrogens (primary N) is 1. The van der Waals surface area contributed by atoms with Crippen molar-refractivity contribution in [1.29, 1.82) is 0 Å². The summed E-state index contributed by atoms with van der Waals surface area (Å²) < 4.78 is 14.7. The lowest BCUT2D eigenvalue weighted by Crippen LogP contribution is -2.17. The molecule has 0 spiro atoms. The summed E-state index contributed by atoms with van der Waals surface area (Å²) in [6.07, 6.45) is 2.87. The average molecular weight is 298 g/mol. The van der Waals surface area contributed by atoms with E-state index in [2.05, 4.69) is 9.72 Å². The van der Waals surface area contributed by atoms with Crippen molar-refractivity contribution in [3.63, 3.8) is 0 Å². The lowest BCUT2D eigenvalue weighted by molar-refractivity contribution is -0.147. The molecule has 116 valence electrons. The fraction of sp³-hybridized carbons (Fsp3) is 0.385. The first-order chi connectivity index (χ1) is 9.97. The number of esters is 1. The van der Waals surface area contributed by atoms with Crippen LogP contribution in [0.2, 0.25) is 0 Å². The third kappa shape index (κ3) is 6.90. The summed E-state index contributed by atoms with van der Waals surface area (Å²) in [6, 6.07) is 1.50. The van der Waals surface area contributed by atoms with Gasteiger partial charge in [-0.15, -0.1) is 0 Å². The van der Waals surface area contributed by atoms with Crippen LogP contribution in [0.5, 0.6) is 11.5 Å². The first kappa shape index (κ1) is 18.4. The molecule has 0 aliphatic rings. The van der Waals surface area contributed by atoms with Crippen molar-refractivity contribution in [3.8, 4) is 11.5 Å². The van der Waals surface area contributed by atoms with E-state index < -0.39 is 11.9 Å². The van der Waals surface area contributed by atoms with E-state index >= 15 is 0 Å². The summed E-state index contributed by atoms with van der Waals surface area (Å²) in [7, 11) is 1.40. The lowest BCUT2D eigenvalue weighted by Gasteiger charge is -2.12. The van der Waals surface area contributed by atoms with Crippen LogP contribution in [0.15, 0.2) is 12.3 Å². The molecule has 0 saturated carbocycles. The minimum atomic E-state index is -0.762. The number of nitrogens with zero attached hydrogens (tertiary/aromatic N) is 1. The van der Waals surface area contributed by atoms with E-state index in [0.29, 0.717) is 6.42 Å². The van der Waals surface area contributed by atoms with Crippen molar-refractivity contribution >= 4 is 18.2 Å². The van der Waals surface area contributed by atoms with Gasteiger partial charge in [0.05, 0.1) is 7.11 Å². The fourth-order valence-electron chi connectivity index (χ4n) is 1.08. The van der Waals surface area contributed by atoms with Gasteiger partial charge >= 0.3 is 5.97 Å². The summed E-state index contributed by atoms with van der Waals surface area (Å²) in [5.41, 5.74) is 5.04. The highest BCUT2D eigenvalue weighted by molar-refractivity contribution is 5.94. The molecule has 21 heavy (non-hydrogen) atoms. The summed E-state index contributed by atoms with van der Waals surface area (Å²) in [5.74, 6) is -0.945. The van der Waals surface area contributed by atoms with Crippen molar-refractivity contribution < 1.29 is 28.6 Å². The molecule has 1 aromatic rings. The van der Waals surface area contributed by atoms with Crippen molar-refractivity contribution in [2.75, 3.05) is 13.9 Å². The van der Waals surface area contributed by atoms with Crippen LogP contribution in [-0.4, -0.2) is 37.0 Å². The smallest absolute Gasteiger partial charge is 0.305 e. The molecule has 0 aliphatic carbocycles. The summed E-state index contributed by atoms with van der Waals surface area (Å²) in [4.78, 5) is 34.6. The Morgan fingerprint density at radius 1 is 1.43 bits per heavy atom. The topological polar surface area (TPSA) is 118 Å². The Bertz CT molecular complexity index is 490. The lowest BCUT2D eigenvalue weighted by atomic mass is 10.3. The van der Waals surface area contributed by atoms with Crippen LogP contribution in [0, 0.1) is 0 Å². The van der Waals surface area contributed by atoms with Crippen molar-refractivity contribution in [3.05, 3.63) is 18.0 Å². The Kier molecular flexibility index (Phi) is 8.90. The maximum Gasteiger partial charge on any atom is 0.305 e. The van der Waals surface area contributed by atoms with E-state index in [-0.39, 0.29) is 24.0 Å². The molecule has 8 heteroatoms. The number of aromatic nitrogens is 1. The summed E-state index contributed by atoms with van der Waals surface area (Å²) in [6.45, 7) is 2.70. The molecule has 0 unspecified atom stereocenters. The van der Waals surface area contributed by atoms with Crippen LogP contribution >= 0.6 is 0 Å². The molecule has 0 radical (unpaired) electrons. The summed E-state index contributed by atoms with van der Waals surface area (Å²) >= 11 is 0. The van der Waals surface area contributed by atoms with Crippen molar-refractivity contribution in [1.82, 2.24) is 4.98 Å². The molecule has 0 fully saturated rings. The molecule has 8 nitrogen and oxygen atoms in total. The van der Waals surface area contributed by atoms with Gasteiger partial charge in [-0.05, 0) is 0 Å². The quantitative estimate of drug-likeness (QED) is 0.466. The van der Waals surface area contributed by atoms with Crippen LogP contribution in [0.25, 0.3) is 0 Å². The molecule has 0 aliphatic heterocycles. The van der Waals surface area contributed by atoms with E-state index in [1.54, 1.807) is 0 Å². The second-order valence-electron chi connectivity index (χ2n) is 3.53. The molecular formula is C13H18N2O6. The Morgan fingerprint density at radius 3 is 2.48 bits per heavy atom. The van der Waals surface area contributed by atoms with Gasteiger partial charge in [0, 0.05) is 25.6 Å². The first-order valence-corrected chi connectivity index (χ1v) is 6.00. The van der Waals surface area contributed by atoms with E-state index in [9.17, 15) is 14.4 Å². The maximum atomic E-state index is 11.1. The monoisotopic (exact) mass is 298 g/mol. The molecule has 0 aromatic carbocycles. The molecule has 0 atom stereocenters. The van der Waals surface area contributed by atoms with E-state index in [1.807, 2.05) is 6.92 Å². The van der Waals surface area contributed by atoms with Gasteiger partial charge in [-0.1, -0.05) is 6.92 Å². The largest absolute Gasteiger partial charge is 0.493 e. The summed E-state index contributed by atoms with van der Waals surface area (Å²) in [5, 5.41) is 0. The van der Waals surface area contributed by atoms with Crippen LogP contribution in [0.4, 0.5) is 0 Å². The Labute approximate surface area is 122 Å². The highest BCUT2D eigenvalue weighted by atomic mass is 16.7. The zero-order valence-corrected chi connectivity index (χ0v) is 12.1. The van der Waals surface area contributed by atoms with E-state index in [4.69, 9.17) is 15.2 Å². The molecule has 0 bridgehead atoms. The van der Waals surface area contributed by atoms with Gasteiger partial charge in [0.25, 0.3) is 5.91 Å². The van der Waals surface area contributed by atoms with E-state index in [0.717, 1.165) is 6.29 Å². The molecule has 1 amide bonds. The van der Waals surface area contributed by atoms with Gasteiger partial charge in [-0.25, -0.2) is 4.98 Å². The number of primary amides is 1. The van der Waals surface area contributed by atoms with Crippen LogP contribution < -0.4 is 15.2 Å². The number of rotatable bonds is 6. The molecule has 1 aromatic heterocycles. The molecule has 0 saturated heterocycles. The first-order valence-electron chi connectivity index (χ1n) is 6.00. The van der Waals surface area contributed by atoms with Crippen LogP contribution in [0.3, 0.4) is 0 Å². The van der Waals surface area contributed by atoms with Gasteiger partial charge in [-0.2, -0.15) is 0 Å². The number of amides is 1.